The number of hydrogen-bond acceptors (Lipinski definition) is 6. The Kier molecular flexibility index (Phi) is 7.96. The van der Waals surface area contributed by atoms with Gasteiger partial charge in [-0.15, -0.1) is 0 Å². The first kappa shape index (κ1) is 26.1. The average Bonchev–Trinajstić information content (AvgIpc) is 2.87. The Bertz CT molecular complexity index is 1270. The zero-order valence-corrected chi connectivity index (χ0v) is 22.3. The van der Waals surface area contributed by atoms with Gasteiger partial charge < -0.3 is 19.5 Å². The summed E-state index contributed by atoms with van der Waals surface area (Å²) in [5.41, 5.74) is 3.91. The van der Waals surface area contributed by atoms with Gasteiger partial charge in [-0.05, 0) is 55.0 Å². The predicted molar refractivity (Wildman–Crippen MR) is 140 cm³/mol. The molecule has 0 saturated carbocycles. The number of benzene rings is 2. The Labute approximate surface area is 221 Å². The molecule has 2 aliphatic rings. The normalized spacial score (nSPS) is 19.6. The SMILES string of the molecule is CCCOC(=O)C1=C(C)NC2=C(C(=O)C[C@@H](c3ccc(OC)c(OC)c3)C2)[C@H]1c1cccc(Cl)c1Cl. The summed E-state index contributed by atoms with van der Waals surface area (Å²) in [6, 6.07) is 11.0. The fourth-order valence-corrected chi connectivity index (χ4v) is 5.40. The van der Waals surface area contributed by atoms with Gasteiger partial charge in [-0.3, -0.25) is 4.79 Å². The van der Waals surface area contributed by atoms with E-state index in [9.17, 15) is 9.59 Å². The number of nitrogens with one attached hydrogen (secondary N) is 1. The van der Waals surface area contributed by atoms with Crippen LogP contribution in [0.3, 0.4) is 0 Å². The van der Waals surface area contributed by atoms with E-state index in [2.05, 4.69) is 5.32 Å². The number of dihydropyridines is 1. The van der Waals surface area contributed by atoms with Gasteiger partial charge in [0.05, 0.1) is 36.4 Å². The molecule has 6 nitrogen and oxygen atoms in total. The molecule has 36 heavy (non-hydrogen) atoms. The summed E-state index contributed by atoms with van der Waals surface area (Å²) >= 11 is 13.0. The molecule has 4 rings (SSSR count). The molecule has 1 heterocycles. The van der Waals surface area contributed by atoms with Crippen molar-refractivity contribution in [2.75, 3.05) is 20.8 Å². The molecule has 0 radical (unpaired) electrons. The van der Waals surface area contributed by atoms with Gasteiger partial charge in [-0.25, -0.2) is 4.79 Å². The first-order valence-corrected chi connectivity index (χ1v) is 12.6. The number of methoxy groups -OCH3 is 2. The van der Waals surface area contributed by atoms with Crippen molar-refractivity contribution in [1.29, 1.82) is 0 Å². The van der Waals surface area contributed by atoms with Gasteiger partial charge in [-0.2, -0.15) is 0 Å². The van der Waals surface area contributed by atoms with Crippen LogP contribution in [-0.2, 0) is 14.3 Å². The molecule has 8 heteroatoms. The van der Waals surface area contributed by atoms with E-state index in [1.807, 2.05) is 38.1 Å². The topological polar surface area (TPSA) is 73.9 Å². The Morgan fingerprint density at radius 1 is 1.08 bits per heavy atom. The summed E-state index contributed by atoms with van der Waals surface area (Å²) in [5.74, 6) is -0.0265. The summed E-state index contributed by atoms with van der Waals surface area (Å²) in [6.45, 7) is 4.04. The number of ether oxygens (including phenoxy) is 3. The molecule has 0 unspecified atom stereocenters. The van der Waals surface area contributed by atoms with Crippen LogP contribution in [0.15, 0.2) is 58.9 Å². The van der Waals surface area contributed by atoms with E-state index in [0.717, 1.165) is 11.3 Å². The van der Waals surface area contributed by atoms with Crippen LogP contribution in [0, 0.1) is 0 Å². The molecule has 2 atom stereocenters. The van der Waals surface area contributed by atoms with Gasteiger partial charge >= 0.3 is 5.97 Å². The molecule has 190 valence electrons. The minimum Gasteiger partial charge on any atom is -0.493 e. The van der Waals surface area contributed by atoms with E-state index in [-0.39, 0.29) is 24.7 Å². The van der Waals surface area contributed by atoms with Crippen LogP contribution in [0.1, 0.15) is 56.1 Å². The third-order valence-electron chi connectivity index (χ3n) is 6.66. The second-order valence-electron chi connectivity index (χ2n) is 8.91. The van der Waals surface area contributed by atoms with Gasteiger partial charge in [-0.1, -0.05) is 48.3 Å². The maximum atomic E-state index is 13.8. The minimum atomic E-state index is -0.671. The van der Waals surface area contributed by atoms with Crippen molar-refractivity contribution in [3.8, 4) is 11.5 Å². The lowest BCUT2D eigenvalue weighted by atomic mass is 9.71. The highest BCUT2D eigenvalue weighted by Crippen LogP contribution is 2.48. The van der Waals surface area contributed by atoms with Crippen molar-refractivity contribution in [1.82, 2.24) is 5.32 Å². The van der Waals surface area contributed by atoms with Gasteiger partial charge in [0.15, 0.2) is 17.3 Å². The second-order valence-corrected chi connectivity index (χ2v) is 9.70. The maximum Gasteiger partial charge on any atom is 0.336 e. The largest absolute Gasteiger partial charge is 0.493 e. The molecular weight excluding hydrogens is 501 g/mol. The number of carbonyl (C=O) groups is 2. The van der Waals surface area contributed by atoms with Crippen LogP contribution in [0.25, 0.3) is 0 Å². The molecular formula is C28H29Cl2NO5. The van der Waals surface area contributed by atoms with Crippen molar-refractivity contribution in [3.05, 3.63) is 80.1 Å². The third-order valence-corrected chi connectivity index (χ3v) is 7.49. The molecule has 0 amide bonds. The molecule has 0 bridgehead atoms. The zero-order valence-electron chi connectivity index (χ0n) is 20.7. The van der Waals surface area contributed by atoms with E-state index >= 15 is 0 Å². The Morgan fingerprint density at radius 3 is 2.53 bits per heavy atom. The first-order valence-electron chi connectivity index (χ1n) is 11.9. The molecule has 0 saturated heterocycles. The maximum absolute atomic E-state index is 13.8. The lowest BCUT2D eigenvalue weighted by Gasteiger charge is -2.37. The number of Topliss-reactive ketones (excluding diaryl/α,β-unsaturated/α-hetero) is 1. The molecule has 1 N–H and O–H groups in total. The smallest absolute Gasteiger partial charge is 0.336 e. The van der Waals surface area contributed by atoms with Gasteiger partial charge in [0.2, 0.25) is 0 Å². The van der Waals surface area contributed by atoms with Crippen LogP contribution in [0.5, 0.6) is 11.5 Å². The summed E-state index contributed by atoms with van der Waals surface area (Å²) in [6.07, 6.45) is 1.55. The monoisotopic (exact) mass is 529 g/mol. The molecule has 0 aromatic heterocycles. The van der Waals surface area contributed by atoms with E-state index in [1.54, 1.807) is 26.4 Å². The van der Waals surface area contributed by atoms with Gasteiger partial charge in [0.1, 0.15) is 0 Å². The van der Waals surface area contributed by atoms with E-state index in [0.29, 0.717) is 56.8 Å². The summed E-state index contributed by atoms with van der Waals surface area (Å²) in [7, 11) is 3.17. The van der Waals surface area contributed by atoms with Crippen molar-refractivity contribution in [2.24, 2.45) is 0 Å². The number of hydrogen-bond donors (Lipinski definition) is 1. The quantitative estimate of drug-likeness (QED) is 0.422. The van der Waals surface area contributed by atoms with Crippen molar-refractivity contribution >= 4 is 35.0 Å². The lowest BCUT2D eigenvalue weighted by molar-refractivity contribution is -0.139. The fraction of sp³-hybridized carbons (Fsp3) is 0.357. The van der Waals surface area contributed by atoms with Gasteiger partial charge in [0.25, 0.3) is 0 Å². The van der Waals surface area contributed by atoms with Crippen LogP contribution in [0.4, 0.5) is 0 Å². The second kappa shape index (κ2) is 11.0. The Hall–Kier alpha value is -2.96. The number of allylic oxidation sites excluding steroid dienone is 3. The first-order chi connectivity index (χ1) is 17.3. The number of halogens is 2. The van der Waals surface area contributed by atoms with Crippen molar-refractivity contribution < 1.29 is 23.8 Å². The minimum absolute atomic E-state index is 0.0575. The number of rotatable bonds is 7. The molecule has 2 aromatic carbocycles. The van der Waals surface area contributed by atoms with E-state index in [1.165, 1.54) is 0 Å². The van der Waals surface area contributed by atoms with Crippen molar-refractivity contribution in [2.45, 2.75) is 44.9 Å². The summed E-state index contributed by atoms with van der Waals surface area (Å²) in [4.78, 5) is 26.9. The molecule has 1 aliphatic heterocycles. The number of ketones is 1. The standard InChI is InChI=1S/C28H29Cl2NO5/c1-5-11-36-28(33)24-15(2)31-20-12-17(16-9-10-22(34-3)23(14-16)35-4)13-21(32)26(20)25(24)18-7-6-8-19(29)27(18)30/h6-10,14,17,25,31H,5,11-13H2,1-4H3/t17-,25-/m0/s1. The third kappa shape index (κ3) is 4.84. The zero-order chi connectivity index (χ0) is 26.0. The fourth-order valence-electron chi connectivity index (χ4n) is 4.98. The molecule has 2 aromatic rings. The van der Waals surface area contributed by atoms with Gasteiger partial charge in [0, 0.05) is 29.3 Å². The van der Waals surface area contributed by atoms with Crippen LogP contribution < -0.4 is 14.8 Å². The van der Waals surface area contributed by atoms with Crippen LogP contribution >= 0.6 is 23.2 Å². The average molecular weight is 530 g/mol. The predicted octanol–water partition coefficient (Wildman–Crippen LogP) is 6.33. The number of esters is 1. The highest BCUT2D eigenvalue weighted by Gasteiger charge is 2.42. The highest BCUT2D eigenvalue weighted by atomic mass is 35.5. The van der Waals surface area contributed by atoms with E-state index in [4.69, 9.17) is 37.4 Å². The Morgan fingerprint density at radius 2 is 1.83 bits per heavy atom. The van der Waals surface area contributed by atoms with Crippen LogP contribution in [0.2, 0.25) is 10.0 Å². The Balaban J connectivity index is 1.80. The molecule has 1 aliphatic carbocycles. The molecule has 0 fully saturated rings. The molecule has 0 spiro atoms. The van der Waals surface area contributed by atoms with Crippen LogP contribution in [-0.4, -0.2) is 32.6 Å². The lowest BCUT2D eigenvalue weighted by Crippen LogP contribution is -2.36. The summed E-state index contributed by atoms with van der Waals surface area (Å²) < 4.78 is 16.3. The number of carbonyl (C=O) groups excluding carboxylic acids is 2. The summed E-state index contributed by atoms with van der Waals surface area (Å²) in [5, 5.41) is 4.03. The van der Waals surface area contributed by atoms with Crippen molar-refractivity contribution in [3.63, 3.8) is 0 Å². The van der Waals surface area contributed by atoms with E-state index < -0.39 is 11.9 Å². The highest BCUT2D eigenvalue weighted by molar-refractivity contribution is 6.42.